The minimum Gasteiger partial charge on any atom is -0.324 e. The zero-order valence-electron chi connectivity index (χ0n) is 7.07. The fourth-order valence-corrected chi connectivity index (χ4v) is 1.55. The maximum Gasteiger partial charge on any atom is 0.127 e. The zero-order chi connectivity index (χ0) is 9.30. The summed E-state index contributed by atoms with van der Waals surface area (Å²) in [7, 11) is 0. The highest BCUT2D eigenvalue weighted by atomic mass is 127. The molecule has 0 aromatic heterocycles. The van der Waals surface area contributed by atoms with E-state index in [1.165, 1.54) is 6.07 Å². The van der Waals surface area contributed by atoms with Crippen LogP contribution in [0.5, 0.6) is 0 Å². The van der Waals surface area contributed by atoms with Crippen LogP contribution in [0.15, 0.2) is 12.1 Å². The van der Waals surface area contributed by atoms with Gasteiger partial charge in [0.15, 0.2) is 0 Å². The fraction of sp³-hybridized carbons (Fsp3) is 0.333. The molecular weight excluding hydrogens is 268 g/mol. The summed E-state index contributed by atoms with van der Waals surface area (Å²) in [4.78, 5) is 0. The Hall–Kier alpha value is -0.160. The largest absolute Gasteiger partial charge is 0.324 e. The lowest BCUT2D eigenvalue weighted by Gasteiger charge is -2.08. The van der Waals surface area contributed by atoms with Gasteiger partial charge in [-0.15, -0.1) is 0 Å². The molecule has 1 atom stereocenters. The summed E-state index contributed by atoms with van der Waals surface area (Å²) in [5.41, 5.74) is 7.18. The third kappa shape index (κ3) is 1.95. The molecule has 1 rings (SSSR count). The molecule has 1 aromatic carbocycles. The fourth-order valence-electron chi connectivity index (χ4n) is 0.928. The van der Waals surface area contributed by atoms with Crippen LogP contribution in [0.4, 0.5) is 4.39 Å². The molecule has 0 aliphatic rings. The van der Waals surface area contributed by atoms with E-state index < -0.39 is 0 Å². The van der Waals surface area contributed by atoms with E-state index in [2.05, 4.69) is 22.6 Å². The number of hydrogen-bond donors (Lipinski definition) is 1. The molecule has 1 nitrogen and oxygen atoms in total. The second-order valence-electron chi connectivity index (χ2n) is 2.90. The Bertz CT molecular complexity index is 274. The molecule has 12 heavy (non-hydrogen) atoms. The summed E-state index contributed by atoms with van der Waals surface area (Å²) in [5.74, 6) is -0.172. The first-order valence-electron chi connectivity index (χ1n) is 3.73. The Morgan fingerprint density at radius 1 is 1.50 bits per heavy atom. The van der Waals surface area contributed by atoms with Gasteiger partial charge >= 0.3 is 0 Å². The van der Waals surface area contributed by atoms with Crippen LogP contribution < -0.4 is 5.73 Å². The first-order valence-corrected chi connectivity index (χ1v) is 4.81. The second-order valence-corrected chi connectivity index (χ2v) is 4.06. The smallest absolute Gasteiger partial charge is 0.127 e. The molecule has 0 saturated carbocycles. The van der Waals surface area contributed by atoms with Crippen LogP contribution in [0.25, 0.3) is 0 Å². The van der Waals surface area contributed by atoms with E-state index in [1.54, 1.807) is 6.92 Å². The normalized spacial score (nSPS) is 13.1. The van der Waals surface area contributed by atoms with Crippen LogP contribution in [0.1, 0.15) is 24.1 Å². The van der Waals surface area contributed by atoms with Gasteiger partial charge in [0, 0.05) is 9.61 Å². The van der Waals surface area contributed by atoms with E-state index in [-0.39, 0.29) is 11.9 Å². The Morgan fingerprint density at radius 3 is 2.50 bits per heavy atom. The molecule has 3 heteroatoms. The van der Waals surface area contributed by atoms with Gasteiger partial charge in [-0.25, -0.2) is 4.39 Å². The molecule has 0 unspecified atom stereocenters. The molecule has 66 valence electrons. The van der Waals surface area contributed by atoms with Crippen molar-refractivity contribution in [1.82, 2.24) is 0 Å². The lowest BCUT2D eigenvalue weighted by Crippen LogP contribution is -2.06. The van der Waals surface area contributed by atoms with Gasteiger partial charge in [-0.1, -0.05) is 0 Å². The highest BCUT2D eigenvalue weighted by Gasteiger charge is 2.06. The molecule has 0 bridgehead atoms. The molecule has 0 fully saturated rings. The van der Waals surface area contributed by atoms with Crippen molar-refractivity contribution in [3.05, 3.63) is 32.6 Å². The maximum absolute atomic E-state index is 13.1. The van der Waals surface area contributed by atoms with Crippen molar-refractivity contribution in [2.45, 2.75) is 19.9 Å². The van der Waals surface area contributed by atoms with Gasteiger partial charge in [0.1, 0.15) is 5.82 Å². The monoisotopic (exact) mass is 279 g/mol. The van der Waals surface area contributed by atoms with Crippen LogP contribution in [-0.4, -0.2) is 0 Å². The summed E-state index contributed by atoms with van der Waals surface area (Å²) in [6.07, 6.45) is 0. The predicted octanol–water partition coefficient (Wildman–Crippen LogP) is 2.76. The van der Waals surface area contributed by atoms with Crippen LogP contribution >= 0.6 is 22.6 Å². The van der Waals surface area contributed by atoms with E-state index >= 15 is 0 Å². The van der Waals surface area contributed by atoms with Crippen LogP contribution in [0.2, 0.25) is 0 Å². The van der Waals surface area contributed by atoms with Gasteiger partial charge in [0.2, 0.25) is 0 Å². The zero-order valence-corrected chi connectivity index (χ0v) is 9.22. The summed E-state index contributed by atoms with van der Waals surface area (Å²) in [5, 5.41) is 0. The van der Waals surface area contributed by atoms with Gasteiger partial charge in [0.25, 0.3) is 0 Å². The van der Waals surface area contributed by atoms with E-state index in [9.17, 15) is 4.39 Å². The Labute approximate surface area is 85.3 Å². The van der Waals surface area contributed by atoms with Crippen molar-refractivity contribution >= 4 is 22.6 Å². The minimum absolute atomic E-state index is 0.103. The third-order valence-electron chi connectivity index (χ3n) is 1.83. The van der Waals surface area contributed by atoms with Gasteiger partial charge < -0.3 is 5.73 Å². The summed E-state index contributed by atoms with van der Waals surface area (Å²) >= 11 is 2.11. The lowest BCUT2D eigenvalue weighted by atomic mass is 10.1. The van der Waals surface area contributed by atoms with Crippen LogP contribution in [-0.2, 0) is 0 Å². The van der Waals surface area contributed by atoms with Crippen molar-refractivity contribution in [2.24, 2.45) is 5.73 Å². The minimum atomic E-state index is -0.172. The van der Waals surface area contributed by atoms with E-state index in [0.717, 1.165) is 9.13 Å². The van der Waals surface area contributed by atoms with Crippen molar-refractivity contribution in [3.63, 3.8) is 0 Å². The van der Waals surface area contributed by atoms with E-state index in [1.807, 2.05) is 13.0 Å². The number of rotatable bonds is 1. The van der Waals surface area contributed by atoms with Crippen LogP contribution in [0, 0.1) is 16.3 Å². The SMILES string of the molecule is Cc1c(F)cc([C@H](C)N)cc1I. The molecule has 0 radical (unpaired) electrons. The number of nitrogens with two attached hydrogens (primary N) is 1. The third-order valence-corrected chi connectivity index (χ3v) is 2.95. The average molecular weight is 279 g/mol. The van der Waals surface area contributed by atoms with Crippen LogP contribution in [0.3, 0.4) is 0 Å². The molecular formula is C9H11FIN. The molecule has 0 aliphatic heterocycles. The standard InChI is InChI=1S/C9H11FIN/c1-5-8(10)3-7(6(2)12)4-9(5)11/h3-4,6H,12H2,1-2H3/t6-/m0/s1. The Kier molecular flexibility index (Phi) is 3.06. The quantitative estimate of drug-likeness (QED) is 0.786. The summed E-state index contributed by atoms with van der Waals surface area (Å²) in [6, 6.07) is 3.32. The summed E-state index contributed by atoms with van der Waals surface area (Å²) < 4.78 is 14.1. The topological polar surface area (TPSA) is 26.0 Å². The Balaban J connectivity index is 3.21. The molecule has 0 spiro atoms. The van der Waals surface area contributed by atoms with Crippen molar-refractivity contribution in [2.75, 3.05) is 0 Å². The molecule has 0 heterocycles. The first kappa shape index (κ1) is 9.92. The van der Waals surface area contributed by atoms with Gasteiger partial charge in [-0.3, -0.25) is 0 Å². The van der Waals surface area contributed by atoms with Gasteiger partial charge in [0.05, 0.1) is 0 Å². The van der Waals surface area contributed by atoms with Crippen molar-refractivity contribution in [3.8, 4) is 0 Å². The molecule has 0 saturated heterocycles. The van der Waals surface area contributed by atoms with Crippen molar-refractivity contribution in [1.29, 1.82) is 0 Å². The predicted molar refractivity (Wildman–Crippen MR) is 56.5 cm³/mol. The highest BCUT2D eigenvalue weighted by Crippen LogP contribution is 2.20. The average Bonchev–Trinajstić information content (AvgIpc) is 1.99. The van der Waals surface area contributed by atoms with E-state index in [4.69, 9.17) is 5.73 Å². The highest BCUT2D eigenvalue weighted by molar-refractivity contribution is 14.1. The number of benzene rings is 1. The lowest BCUT2D eigenvalue weighted by molar-refractivity contribution is 0.611. The van der Waals surface area contributed by atoms with E-state index in [0.29, 0.717) is 5.56 Å². The Morgan fingerprint density at radius 2 is 2.08 bits per heavy atom. The molecule has 2 N–H and O–H groups in total. The first-order chi connectivity index (χ1) is 5.52. The van der Waals surface area contributed by atoms with Gasteiger partial charge in [-0.05, 0) is 59.7 Å². The molecule has 0 amide bonds. The molecule has 0 aliphatic carbocycles. The van der Waals surface area contributed by atoms with Gasteiger partial charge in [-0.2, -0.15) is 0 Å². The number of hydrogen-bond acceptors (Lipinski definition) is 1. The maximum atomic E-state index is 13.1. The second kappa shape index (κ2) is 3.70. The van der Waals surface area contributed by atoms with Crippen molar-refractivity contribution < 1.29 is 4.39 Å². The number of halogens is 2. The summed E-state index contributed by atoms with van der Waals surface area (Å²) in [6.45, 7) is 3.61. The molecule has 1 aromatic rings.